The number of hydrogen-bond acceptors (Lipinski definition) is 11. The first-order chi connectivity index (χ1) is 24.4. The van der Waals surface area contributed by atoms with Crippen LogP contribution in [0.25, 0.3) is 0 Å². The van der Waals surface area contributed by atoms with Gasteiger partial charge in [-0.1, -0.05) is 0 Å². The van der Waals surface area contributed by atoms with E-state index >= 15 is 0 Å². The molecule has 2 aromatic rings. The molecule has 0 saturated carbocycles. The first-order valence-electron chi connectivity index (χ1n) is 18.6. The van der Waals surface area contributed by atoms with Crippen molar-refractivity contribution in [1.29, 1.82) is 0 Å². The molecule has 1 aromatic heterocycles. The number of piperidine rings is 2. The average molecular weight is 729 g/mol. The number of benzene rings is 1. The molecule has 0 unspecified atom stereocenters. The molecule has 7 rings (SSSR count). The summed E-state index contributed by atoms with van der Waals surface area (Å²) in [6.45, 7) is 14.9. The van der Waals surface area contributed by atoms with Crippen LogP contribution in [0, 0.1) is 17.2 Å². The summed E-state index contributed by atoms with van der Waals surface area (Å²) in [5.41, 5.74) is 0.282. The van der Waals surface area contributed by atoms with E-state index in [9.17, 15) is 17.6 Å². The van der Waals surface area contributed by atoms with Gasteiger partial charge in [0.25, 0.3) is 22.0 Å². The molecule has 1 spiro atoms. The molecule has 5 fully saturated rings. The third-order valence-corrected chi connectivity index (χ3v) is 13.6. The number of hydrogen-bond donors (Lipinski definition) is 2. The minimum absolute atomic E-state index is 0.0890. The standard InChI is InChI=1S/C35H53FN10O4S/c1-23(2)46(24(3)4)33(47)29-16-26(36)6-7-30(29)50-32-31(39-34(37-5)41-40-32)43-21-35(22-43)10-14-42(15-11-35)19-25-8-12-44(13-9-25)51(48,49)45-20-27-17-28(45)18-38-27/h6-7,16,23-25,27-28,38H,8-15,17-22H2,1-5H3,(H,37,39,41)/t27-,28-/m0/s1. The van der Waals surface area contributed by atoms with Crippen molar-refractivity contribution in [2.75, 3.05) is 76.2 Å². The highest BCUT2D eigenvalue weighted by atomic mass is 32.2. The topological polar surface area (TPSA) is 139 Å². The highest BCUT2D eigenvalue weighted by molar-refractivity contribution is 7.86. The van der Waals surface area contributed by atoms with E-state index in [1.807, 2.05) is 27.7 Å². The predicted molar refractivity (Wildman–Crippen MR) is 193 cm³/mol. The fourth-order valence-corrected chi connectivity index (χ4v) is 10.7. The van der Waals surface area contributed by atoms with Gasteiger partial charge >= 0.3 is 0 Å². The maximum absolute atomic E-state index is 14.5. The number of carbonyl (C=O) groups excluding carboxylic acids is 1. The Kier molecular flexibility index (Phi) is 10.2. The summed E-state index contributed by atoms with van der Waals surface area (Å²) in [7, 11) is -1.65. The number of nitrogens with one attached hydrogen (secondary N) is 2. The maximum atomic E-state index is 14.5. The second-order valence-corrected chi connectivity index (χ2v) is 17.6. The molecular weight excluding hydrogens is 676 g/mol. The Morgan fingerprint density at radius 3 is 2.41 bits per heavy atom. The van der Waals surface area contributed by atoms with Crippen LogP contribution in [-0.2, 0) is 10.2 Å². The number of aromatic nitrogens is 3. The second kappa shape index (κ2) is 14.3. The molecule has 2 bridgehead atoms. The summed E-state index contributed by atoms with van der Waals surface area (Å²) in [5, 5.41) is 14.8. The molecule has 6 heterocycles. The zero-order valence-corrected chi connectivity index (χ0v) is 31.3. The Balaban J connectivity index is 0.951. The molecule has 14 nitrogen and oxygen atoms in total. The van der Waals surface area contributed by atoms with Gasteiger partial charge in [-0.05, 0) is 97.0 Å². The van der Waals surface area contributed by atoms with Gasteiger partial charge in [-0.3, -0.25) is 4.79 Å². The summed E-state index contributed by atoms with van der Waals surface area (Å²) in [4.78, 5) is 24.7. The van der Waals surface area contributed by atoms with Crippen LogP contribution < -0.4 is 20.3 Å². The Morgan fingerprint density at radius 2 is 1.80 bits per heavy atom. The van der Waals surface area contributed by atoms with Crippen molar-refractivity contribution in [3.63, 3.8) is 0 Å². The van der Waals surface area contributed by atoms with Crippen molar-refractivity contribution in [3.8, 4) is 11.6 Å². The summed E-state index contributed by atoms with van der Waals surface area (Å²) in [6.07, 6.45) is 4.86. The van der Waals surface area contributed by atoms with Crippen molar-refractivity contribution < 1.29 is 22.3 Å². The number of carbonyl (C=O) groups is 1. The van der Waals surface area contributed by atoms with Gasteiger partial charge in [0.1, 0.15) is 11.6 Å². The largest absolute Gasteiger partial charge is 0.434 e. The van der Waals surface area contributed by atoms with Gasteiger partial charge in [0.2, 0.25) is 5.95 Å². The Labute approximate surface area is 301 Å². The van der Waals surface area contributed by atoms with E-state index in [0.717, 1.165) is 71.4 Å². The fraction of sp³-hybridized carbons (Fsp3) is 0.714. The molecule has 2 atom stereocenters. The van der Waals surface area contributed by atoms with E-state index in [1.54, 1.807) is 20.6 Å². The van der Waals surface area contributed by atoms with Gasteiger partial charge in [0.15, 0.2) is 5.82 Å². The van der Waals surface area contributed by atoms with E-state index in [0.29, 0.717) is 43.4 Å². The lowest BCUT2D eigenvalue weighted by molar-refractivity contribution is 0.0606. The van der Waals surface area contributed by atoms with Crippen molar-refractivity contribution in [2.45, 2.75) is 84.0 Å². The lowest BCUT2D eigenvalue weighted by Crippen LogP contribution is -2.61. The number of fused-ring (bicyclic) bond motifs is 2. The number of rotatable bonds is 11. The van der Waals surface area contributed by atoms with Crippen LogP contribution in [0.1, 0.15) is 70.2 Å². The molecule has 0 aliphatic carbocycles. The van der Waals surface area contributed by atoms with E-state index in [1.165, 1.54) is 18.2 Å². The van der Waals surface area contributed by atoms with Crippen LogP contribution in [0.5, 0.6) is 11.6 Å². The average Bonchev–Trinajstić information content (AvgIpc) is 3.74. The van der Waals surface area contributed by atoms with Crippen LogP contribution in [0.3, 0.4) is 0 Å². The number of anilines is 2. The number of amides is 1. The predicted octanol–water partition coefficient (Wildman–Crippen LogP) is 3.01. The van der Waals surface area contributed by atoms with E-state index in [-0.39, 0.29) is 46.6 Å². The van der Waals surface area contributed by atoms with E-state index in [2.05, 4.69) is 30.6 Å². The lowest BCUT2D eigenvalue weighted by atomic mass is 9.72. The number of likely N-dealkylation sites (tertiary alicyclic amines) is 1. The maximum Gasteiger partial charge on any atom is 0.282 e. The number of halogens is 1. The highest BCUT2D eigenvalue weighted by Crippen LogP contribution is 2.45. The molecule has 5 saturated heterocycles. The smallest absolute Gasteiger partial charge is 0.282 e. The molecule has 0 radical (unpaired) electrons. The Morgan fingerprint density at radius 1 is 1.10 bits per heavy atom. The molecular formula is C35H53FN10O4S. The molecule has 5 aliphatic heterocycles. The van der Waals surface area contributed by atoms with Gasteiger partial charge in [-0.15, -0.1) is 10.2 Å². The Hall–Kier alpha value is -3.18. The number of ether oxygens (including phenoxy) is 1. The van der Waals surface area contributed by atoms with E-state index < -0.39 is 16.0 Å². The van der Waals surface area contributed by atoms with Crippen LogP contribution >= 0.6 is 0 Å². The number of piperazine rings is 1. The third kappa shape index (κ3) is 7.26. The summed E-state index contributed by atoms with van der Waals surface area (Å²) < 4.78 is 50.9. The molecule has 1 aromatic carbocycles. The normalized spacial score (nSPS) is 24.4. The van der Waals surface area contributed by atoms with Crippen LogP contribution in [0.2, 0.25) is 0 Å². The lowest BCUT2D eigenvalue weighted by Gasteiger charge is -2.54. The van der Waals surface area contributed by atoms with Crippen LogP contribution in [0.15, 0.2) is 18.2 Å². The minimum atomic E-state index is -3.38. The minimum Gasteiger partial charge on any atom is -0.434 e. The van der Waals surface area contributed by atoms with Gasteiger partial charge in [-0.25, -0.2) is 4.39 Å². The quantitative estimate of drug-likeness (QED) is 0.353. The monoisotopic (exact) mass is 728 g/mol. The first kappa shape index (κ1) is 36.2. The Bertz CT molecular complexity index is 1680. The van der Waals surface area contributed by atoms with Crippen molar-refractivity contribution in [1.82, 2.24) is 38.9 Å². The van der Waals surface area contributed by atoms with Crippen molar-refractivity contribution in [3.05, 3.63) is 29.6 Å². The number of nitrogens with zero attached hydrogens (tertiary/aromatic N) is 8. The van der Waals surface area contributed by atoms with Gasteiger partial charge in [0.05, 0.1) is 5.56 Å². The van der Waals surface area contributed by atoms with Gasteiger partial charge in [0, 0.05) is 82.4 Å². The molecule has 16 heteroatoms. The van der Waals surface area contributed by atoms with Crippen LogP contribution in [0.4, 0.5) is 16.2 Å². The highest BCUT2D eigenvalue weighted by Gasteiger charge is 2.48. The second-order valence-electron chi connectivity index (χ2n) is 15.7. The zero-order chi connectivity index (χ0) is 36.1. The fourth-order valence-electron chi connectivity index (χ4n) is 8.83. The summed E-state index contributed by atoms with van der Waals surface area (Å²) in [6, 6.07) is 4.19. The summed E-state index contributed by atoms with van der Waals surface area (Å²) >= 11 is 0. The first-order valence-corrected chi connectivity index (χ1v) is 20.0. The van der Waals surface area contributed by atoms with E-state index in [4.69, 9.17) is 9.72 Å². The van der Waals surface area contributed by atoms with Crippen molar-refractivity contribution >= 4 is 27.9 Å². The van der Waals surface area contributed by atoms with Gasteiger partial charge < -0.3 is 30.1 Å². The molecule has 280 valence electrons. The zero-order valence-electron chi connectivity index (χ0n) is 30.5. The molecule has 51 heavy (non-hydrogen) atoms. The third-order valence-electron chi connectivity index (χ3n) is 11.6. The van der Waals surface area contributed by atoms with Crippen molar-refractivity contribution in [2.24, 2.45) is 11.3 Å². The molecule has 1 amide bonds. The molecule has 2 N–H and O–H groups in total. The van der Waals surface area contributed by atoms with Crippen LogP contribution in [-0.4, -0.2) is 138 Å². The van der Waals surface area contributed by atoms with Gasteiger partial charge in [-0.2, -0.15) is 22.0 Å². The summed E-state index contributed by atoms with van der Waals surface area (Å²) in [5.74, 6) is 0.931. The SMILES string of the molecule is CNc1nnc(Oc2ccc(F)cc2C(=O)N(C(C)C)C(C)C)c(N2CC3(CCN(CC4CCN(S(=O)(=O)N5C[C@@H]6C[C@H]5CN6)CC4)CC3)C2)n1. The molecule has 5 aliphatic rings.